The van der Waals surface area contributed by atoms with Gasteiger partial charge < -0.3 is 16.2 Å². The first-order valence-electron chi connectivity index (χ1n) is 4.45. The van der Waals surface area contributed by atoms with Crippen LogP contribution in [0.2, 0.25) is 0 Å². The molecule has 14 heavy (non-hydrogen) atoms. The van der Waals surface area contributed by atoms with E-state index in [1.807, 2.05) is 6.07 Å². The molecule has 0 aliphatic carbocycles. The number of anilines is 1. The Bertz CT molecular complexity index is 253. The summed E-state index contributed by atoms with van der Waals surface area (Å²) in [5.74, 6) is 1.46. The van der Waals surface area contributed by atoms with E-state index in [0.717, 1.165) is 10.6 Å². The number of aromatic nitrogens is 1. The molecule has 78 valence electrons. The molecule has 0 radical (unpaired) electrons. The minimum absolute atomic E-state index is 0.550. The Balaban J connectivity index is 2.15. The van der Waals surface area contributed by atoms with Crippen molar-refractivity contribution in [3.05, 3.63) is 18.3 Å². The van der Waals surface area contributed by atoms with Crippen LogP contribution in [0, 0.1) is 0 Å². The molecule has 4 nitrogen and oxygen atoms in total. The van der Waals surface area contributed by atoms with Crippen LogP contribution in [0.4, 0.5) is 5.82 Å². The summed E-state index contributed by atoms with van der Waals surface area (Å²) >= 11 is 1.70. The predicted octanol–water partition coefficient (Wildman–Crippen LogP) is 0.731. The molecule has 0 bridgehead atoms. The normalized spacial score (nSPS) is 10.4. The van der Waals surface area contributed by atoms with Gasteiger partial charge in [0.25, 0.3) is 0 Å². The number of nitrogens with zero attached hydrogens (tertiary/aromatic N) is 1. The molecule has 0 saturated heterocycles. The molecular formula is C9H15N3OS. The van der Waals surface area contributed by atoms with Crippen molar-refractivity contribution in [3.8, 4) is 0 Å². The lowest BCUT2D eigenvalue weighted by Gasteiger charge is -2.02. The highest BCUT2D eigenvalue weighted by Gasteiger charge is 1.94. The smallest absolute Gasteiger partial charge is 0.123 e. The van der Waals surface area contributed by atoms with Crippen LogP contribution in [0.3, 0.4) is 0 Å². The van der Waals surface area contributed by atoms with Crippen LogP contribution in [0.25, 0.3) is 0 Å². The Hall–Kier alpha value is -0.780. The molecular weight excluding hydrogens is 198 g/mol. The first-order valence-corrected chi connectivity index (χ1v) is 5.43. The second-order valence-corrected chi connectivity index (χ2v) is 3.84. The average molecular weight is 213 g/mol. The highest BCUT2D eigenvalue weighted by molar-refractivity contribution is 7.99. The molecule has 1 heterocycles. The number of thioether (sulfide) groups is 1. The number of hydrogen-bond acceptors (Lipinski definition) is 5. The number of pyridine rings is 1. The van der Waals surface area contributed by atoms with E-state index in [0.29, 0.717) is 25.6 Å². The number of nitrogen functional groups attached to an aromatic ring is 1. The topological polar surface area (TPSA) is 74.2 Å². The van der Waals surface area contributed by atoms with E-state index in [2.05, 4.69) is 4.98 Å². The number of nitrogens with two attached hydrogens (primary N) is 2. The third-order valence-corrected chi connectivity index (χ3v) is 2.46. The van der Waals surface area contributed by atoms with Gasteiger partial charge in [-0.15, -0.1) is 11.8 Å². The lowest BCUT2D eigenvalue weighted by molar-refractivity contribution is 0.158. The van der Waals surface area contributed by atoms with Gasteiger partial charge in [0, 0.05) is 23.4 Å². The second-order valence-electron chi connectivity index (χ2n) is 2.67. The fraction of sp³-hybridized carbons (Fsp3) is 0.444. The van der Waals surface area contributed by atoms with Gasteiger partial charge in [0.05, 0.1) is 13.2 Å². The summed E-state index contributed by atoms with van der Waals surface area (Å²) in [6.07, 6.45) is 1.77. The van der Waals surface area contributed by atoms with Crippen molar-refractivity contribution < 1.29 is 4.74 Å². The van der Waals surface area contributed by atoms with Gasteiger partial charge in [-0.05, 0) is 12.1 Å². The lowest BCUT2D eigenvalue weighted by Crippen LogP contribution is -2.09. The molecule has 5 heteroatoms. The summed E-state index contributed by atoms with van der Waals surface area (Å²) < 4.78 is 5.24. The van der Waals surface area contributed by atoms with Crippen molar-refractivity contribution in [1.82, 2.24) is 4.98 Å². The molecule has 1 aromatic heterocycles. The molecule has 1 aromatic rings. The molecule has 0 amide bonds. The first-order chi connectivity index (χ1) is 6.83. The van der Waals surface area contributed by atoms with Gasteiger partial charge in [0.1, 0.15) is 5.82 Å². The monoisotopic (exact) mass is 213 g/mol. The first kappa shape index (κ1) is 11.3. The highest BCUT2D eigenvalue weighted by atomic mass is 32.2. The van der Waals surface area contributed by atoms with Crippen molar-refractivity contribution in [2.45, 2.75) is 4.90 Å². The van der Waals surface area contributed by atoms with Gasteiger partial charge >= 0.3 is 0 Å². The number of hydrogen-bond donors (Lipinski definition) is 2. The summed E-state index contributed by atoms with van der Waals surface area (Å²) in [6, 6.07) is 3.75. The fourth-order valence-corrected chi connectivity index (χ4v) is 1.61. The maximum Gasteiger partial charge on any atom is 0.123 e. The Morgan fingerprint density at radius 2 is 2.21 bits per heavy atom. The zero-order valence-electron chi connectivity index (χ0n) is 7.98. The van der Waals surface area contributed by atoms with Crippen molar-refractivity contribution in [3.63, 3.8) is 0 Å². The van der Waals surface area contributed by atoms with Crippen molar-refractivity contribution in [2.24, 2.45) is 5.73 Å². The molecule has 4 N–H and O–H groups in total. The van der Waals surface area contributed by atoms with E-state index < -0.39 is 0 Å². The van der Waals surface area contributed by atoms with E-state index in [9.17, 15) is 0 Å². The standard InChI is InChI=1S/C9H15N3OS/c10-3-4-13-5-6-14-8-1-2-9(11)12-7-8/h1-2,7H,3-6,10H2,(H2,11,12). The van der Waals surface area contributed by atoms with Crippen molar-refractivity contribution >= 4 is 17.6 Å². The summed E-state index contributed by atoms with van der Waals surface area (Å²) in [5.41, 5.74) is 10.7. The Kier molecular flexibility index (Phi) is 5.36. The molecule has 0 aliphatic rings. The minimum atomic E-state index is 0.550. The summed E-state index contributed by atoms with van der Waals surface area (Å²) in [6.45, 7) is 1.92. The van der Waals surface area contributed by atoms with Crippen LogP contribution >= 0.6 is 11.8 Å². The molecule has 0 aliphatic heterocycles. The van der Waals surface area contributed by atoms with E-state index in [4.69, 9.17) is 16.2 Å². The lowest BCUT2D eigenvalue weighted by atomic mass is 10.5. The third-order valence-electron chi connectivity index (χ3n) is 1.52. The number of rotatable bonds is 6. The zero-order valence-corrected chi connectivity index (χ0v) is 8.80. The molecule has 0 saturated carbocycles. The van der Waals surface area contributed by atoms with Crippen LogP contribution in [0.1, 0.15) is 0 Å². The van der Waals surface area contributed by atoms with Crippen LogP contribution in [0.5, 0.6) is 0 Å². The predicted molar refractivity (Wildman–Crippen MR) is 59.2 cm³/mol. The molecule has 1 rings (SSSR count). The Morgan fingerprint density at radius 3 is 2.86 bits per heavy atom. The molecule has 0 aromatic carbocycles. The molecule has 0 spiro atoms. The number of ether oxygens (including phenoxy) is 1. The van der Waals surface area contributed by atoms with Crippen LogP contribution in [-0.2, 0) is 4.74 Å². The van der Waals surface area contributed by atoms with Crippen molar-refractivity contribution in [2.75, 3.05) is 31.2 Å². The Labute approximate surface area is 88.0 Å². The summed E-state index contributed by atoms with van der Waals surface area (Å²) in [4.78, 5) is 5.10. The van der Waals surface area contributed by atoms with Gasteiger partial charge in [-0.1, -0.05) is 0 Å². The third kappa shape index (κ3) is 4.45. The van der Waals surface area contributed by atoms with Gasteiger partial charge in [-0.25, -0.2) is 4.98 Å². The SMILES string of the molecule is NCCOCCSc1ccc(N)nc1. The highest BCUT2D eigenvalue weighted by Crippen LogP contribution is 2.16. The quantitative estimate of drug-likeness (QED) is 0.538. The van der Waals surface area contributed by atoms with E-state index in [1.165, 1.54) is 0 Å². The van der Waals surface area contributed by atoms with Crippen LogP contribution in [0.15, 0.2) is 23.2 Å². The average Bonchev–Trinajstić information content (AvgIpc) is 2.21. The Morgan fingerprint density at radius 1 is 1.36 bits per heavy atom. The molecule has 0 atom stereocenters. The summed E-state index contributed by atoms with van der Waals surface area (Å²) in [5, 5.41) is 0. The van der Waals surface area contributed by atoms with Gasteiger partial charge in [-0.2, -0.15) is 0 Å². The fourth-order valence-electron chi connectivity index (χ4n) is 0.881. The zero-order chi connectivity index (χ0) is 10.2. The van der Waals surface area contributed by atoms with Crippen LogP contribution < -0.4 is 11.5 Å². The second kappa shape index (κ2) is 6.64. The largest absolute Gasteiger partial charge is 0.384 e. The van der Waals surface area contributed by atoms with Gasteiger partial charge in [0.2, 0.25) is 0 Å². The van der Waals surface area contributed by atoms with E-state index in [1.54, 1.807) is 24.0 Å². The summed E-state index contributed by atoms with van der Waals surface area (Å²) in [7, 11) is 0. The van der Waals surface area contributed by atoms with Crippen molar-refractivity contribution in [1.29, 1.82) is 0 Å². The molecule has 0 unspecified atom stereocenters. The van der Waals surface area contributed by atoms with Gasteiger partial charge in [0.15, 0.2) is 0 Å². The van der Waals surface area contributed by atoms with Gasteiger partial charge in [-0.3, -0.25) is 0 Å². The maximum atomic E-state index is 5.46. The molecule has 0 fully saturated rings. The van der Waals surface area contributed by atoms with E-state index in [-0.39, 0.29) is 0 Å². The van der Waals surface area contributed by atoms with E-state index >= 15 is 0 Å². The maximum absolute atomic E-state index is 5.46. The van der Waals surface area contributed by atoms with Crippen LogP contribution in [-0.4, -0.2) is 30.5 Å². The minimum Gasteiger partial charge on any atom is -0.384 e.